The molecule has 3 N–H and O–H groups in total. The summed E-state index contributed by atoms with van der Waals surface area (Å²) in [7, 11) is 0. The molecule has 1 amide bonds. The molecule has 138 valence electrons. The van der Waals surface area contributed by atoms with E-state index in [9.17, 15) is 14.9 Å². The van der Waals surface area contributed by atoms with E-state index in [1.54, 1.807) is 6.07 Å². The van der Waals surface area contributed by atoms with Gasteiger partial charge in [-0.1, -0.05) is 11.6 Å². The zero-order valence-corrected chi connectivity index (χ0v) is 15.8. The van der Waals surface area contributed by atoms with Crippen LogP contribution in [0.25, 0.3) is 11.3 Å². The number of carbonyl (C=O) groups is 1. The van der Waals surface area contributed by atoms with Crippen LogP contribution in [-0.2, 0) is 0 Å². The van der Waals surface area contributed by atoms with Gasteiger partial charge in [-0.3, -0.25) is 25.8 Å². The number of furan rings is 1. The van der Waals surface area contributed by atoms with E-state index >= 15 is 0 Å². The monoisotopic (exact) mass is 396 g/mol. The van der Waals surface area contributed by atoms with E-state index in [0.29, 0.717) is 11.3 Å². The maximum atomic E-state index is 12.1. The Balaban J connectivity index is 2.06. The lowest BCUT2D eigenvalue weighted by atomic mass is 10.1. The second kappa shape index (κ2) is 7.71. The molecule has 26 heavy (non-hydrogen) atoms. The second-order valence-corrected chi connectivity index (χ2v) is 7.18. The van der Waals surface area contributed by atoms with Gasteiger partial charge in [0.2, 0.25) is 0 Å². The van der Waals surface area contributed by atoms with Crippen molar-refractivity contribution in [3.63, 3.8) is 0 Å². The summed E-state index contributed by atoms with van der Waals surface area (Å²) in [5, 5.41) is 14.1. The molecule has 0 fully saturated rings. The number of benzene rings is 1. The van der Waals surface area contributed by atoms with Crippen molar-refractivity contribution in [2.75, 3.05) is 0 Å². The Morgan fingerprint density at radius 3 is 2.50 bits per heavy atom. The molecule has 0 unspecified atom stereocenters. The molecular formula is C16H17ClN4O4S. The average molecular weight is 397 g/mol. The summed E-state index contributed by atoms with van der Waals surface area (Å²) >= 11 is 11.1. The van der Waals surface area contributed by atoms with Gasteiger partial charge >= 0.3 is 5.91 Å². The molecule has 0 aliphatic heterocycles. The Bertz CT molecular complexity index is 860. The highest BCUT2D eigenvalue weighted by Crippen LogP contribution is 2.32. The first-order valence-corrected chi connectivity index (χ1v) is 8.28. The number of nitro groups is 1. The lowest BCUT2D eigenvalue weighted by molar-refractivity contribution is -0.384. The minimum Gasteiger partial charge on any atom is -0.451 e. The summed E-state index contributed by atoms with van der Waals surface area (Å²) in [5.41, 5.74) is 5.05. The molecule has 0 saturated heterocycles. The zero-order chi connectivity index (χ0) is 19.5. The predicted octanol–water partition coefficient (Wildman–Crippen LogP) is 3.42. The minimum atomic E-state index is -0.545. The van der Waals surface area contributed by atoms with E-state index in [1.165, 1.54) is 24.3 Å². The van der Waals surface area contributed by atoms with Gasteiger partial charge in [-0.25, -0.2) is 0 Å². The fraction of sp³-hybridized carbons (Fsp3) is 0.250. The molecular weight excluding hydrogens is 380 g/mol. The number of hydrazine groups is 1. The number of rotatable bonds is 3. The van der Waals surface area contributed by atoms with Gasteiger partial charge in [0.15, 0.2) is 10.9 Å². The van der Waals surface area contributed by atoms with E-state index in [0.717, 1.165) is 0 Å². The fourth-order valence-electron chi connectivity index (χ4n) is 1.97. The van der Waals surface area contributed by atoms with Gasteiger partial charge in [-0.05, 0) is 51.2 Å². The largest absolute Gasteiger partial charge is 0.451 e. The van der Waals surface area contributed by atoms with Crippen molar-refractivity contribution < 1.29 is 14.1 Å². The maximum Gasteiger partial charge on any atom is 0.305 e. The van der Waals surface area contributed by atoms with Crippen LogP contribution in [0.4, 0.5) is 5.69 Å². The molecule has 0 bridgehead atoms. The summed E-state index contributed by atoms with van der Waals surface area (Å²) in [6.07, 6.45) is 0. The van der Waals surface area contributed by atoms with Gasteiger partial charge in [0, 0.05) is 23.2 Å². The number of nitrogens with one attached hydrogen (secondary N) is 3. The summed E-state index contributed by atoms with van der Waals surface area (Å²) in [5.74, 6) is -0.196. The van der Waals surface area contributed by atoms with E-state index < -0.39 is 10.8 Å². The van der Waals surface area contributed by atoms with Crippen LogP contribution >= 0.6 is 23.8 Å². The first-order chi connectivity index (χ1) is 12.1. The number of nitrogens with zero attached hydrogens (tertiary/aromatic N) is 1. The Morgan fingerprint density at radius 1 is 1.23 bits per heavy atom. The molecule has 0 atom stereocenters. The number of non-ortho nitro benzene ring substituents is 1. The predicted molar refractivity (Wildman–Crippen MR) is 102 cm³/mol. The van der Waals surface area contributed by atoms with Crippen LogP contribution in [0, 0.1) is 10.1 Å². The van der Waals surface area contributed by atoms with Gasteiger partial charge in [0.1, 0.15) is 5.76 Å². The SMILES string of the molecule is CC(C)(C)NC(=S)NNC(=O)c1ccc(-c2ccc([N+](=O)[O-])cc2Cl)o1. The highest BCUT2D eigenvalue weighted by atomic mass is 35.5. The second-order valence-electron chi connectivity index (χ2n) is 6.37. The molecule has 10 heteroatoms. The van der Waals surface area contributed by atoms with Crippen molar-refractivity contribution in [3.05, 3.63) is 51.2 Å². The van der Waals surface area contributed by atoms with Crippen molar-refractivity contribution in [1.82, 2.24) is 16.2 Å². The molecule has 2 rings (SSSR count). The van der Waals surface area contributed by atoms with Gasteiger partial charge in [0.05, 0.1) is 9.95 Å². The molecule has 2 aromatic rings. The van der Waals surface area contributed by atoms with Crippen molar-refractivity contribution in [2.24, 2.45) is 0 Å². The van der Waals surface area contributed by atoms with Gasteiger partial charge in [-0.15, -0.1) is 0 Å². The molecule has 0 radical (unpaired) electrons. The summed E-state index contributed by atoms with van der Waals surface area (Å²) in [6, 6.07) is 7.00. The fourth-order valence-corrected chi connectivity index (χ4v) is 2.59. The number of hydrogen-bond donors (Lipinski definition) is 3. The number of carbonyl (C=O) groups excluding carboxylic acids is 1. The Morgan fingerprint density at radius 2 is 1.92 bits per heavy atom. The number of nitro benzene ring substituents is 1. The molecule has 8 nitrogen and oxygen atoms in total. The molecule has 1 aromatic heterocycles. The topological polar surface area (TPSA) is 109 Å². The molecule has 0 aliphatic carbocycles. The molecule has 1 heterocycles. The lowest BCUT2D eigenvalue weighted by Crippen LogP contribution is -2.52. The summed E-state index contributed by atoms with van der Waals surface area (Å²) in [6.45, 7) is 5.78. The van der Waals surface area contributed by atoms with Crippen LogP contribution in [0.3, 0.4) is 0 Å². The van der Waals surface area contributed by atoms with E-state index in [4.69, 9.17) is 28.2 Å². The molecule has 1 aromatic carbocycles. The lowest BCUT2D eigenvalue weighted by Gasteiger charge is -2.22. The highest BCUT2D eigenvalue weighted by Gasteiger charge is 2.17. The van der Waals surface area contributed by atoms with Crippen molar-refractivity contribution in [3.8, 4) is 11.3 Å². The first-order valence-electron chi connectivity index (χ1n) is 7.49. The van der Waals surface area contributed by atoms with Crippen LogP contribution in [-0.4, -0.2) is 21.5 Å². The van der Waals surface area contributed by atoms with Crippen LogP contribution in [0.5, 0.6) is 0 Å². The normalized spacial score (nSPS) is 10.9. The Hall–Kier alpha value is -2.65. The Labute approximate surface area is 160 Å². The van der Waals surface area contributed by atoms with Gasteiger partial charge in [0.25, 0.3) is 5.69 Å². The number of halogens is 1. The average Bonchev–Trinajstić information content (AvgIpc) is 3.00. The van der Waals surface area contributed by atoms with Crippen LogP contribution < -0.4 is 16.2 Å². The van der Waals surface area contributed by atoms with E-state index in [1.807, 2.05) is 20.8 Å². The summed E-state index contributed by atoms with van der Waals surface area (Å²) < 4.78 is 5.48. The quantitative estimate of drug-likeness (QED) is 0.414. The zero-order valence-electron chi connectivity index (χ0n) is 14.3. The standard InChI is InChI=1S/C16H17ClN4O4S/c1-16(2,3)18-15(26)20-19-14(22)13-7-6-12(25-13)10-5-4-9(21(23)24)8-11(10)17/h4-8H,1-3H3,(H,19,22)(H2,18,20,26). The number of thiocarbonyl (C=S) groups is 1. The molecule has 0 spiro atoms. The van der Waals surface area contributed by atoms with E-state index in [2.05, 4.69) is 16.2 Å². The van der Waals surface area contributed by atoms with Crippen LogP contribution in [0.2, 0.25) is 5.02 Å². The van der Waals surface area contributed by atoms with E-state index in [-0.39, 0.29) is 27.1 Å². The third kappa shape index (κ3) is 5.17. The third-order valence-electron chi connectivity index (χ3n) is 3.04. The van der Waals surface area contributed by atoms with Crippen LogP contribution in [0.1, 0.15) is 31.3 Å². The third-order valence-corrected chi connectivity index (χ3v) is 3.55. The number of amides is 1. The van der Waals surface area contributed by atoms with Gasteiger partial charge in [-0.2, -0.15) is 0 Å². The minimum absolute atomic E-state index is 0.0282. The maximum absolute atomic E-state index is 12.1. The smallest absolute Gasteiger partial charge is 0.305 e. The highest BCUT2D eigenvalue weighted by molar-refractivity contribution is 7.80. The number of hydrogen-bond acceptors (Lipinski definition) is 5. The van der Waals surface area contributed by atoms with Crippen molar-refractivity contribution in [1.29, 1.82) is 0 Å². The molecule has 0 aliphatic rings. The Kier molecular flexibility index (Phi) is 5.83. The van der Waals surface area contributed by atoms with Gasteiger partial charge < -0.3 is 9.73 Å². The van der Waals surface area contributed by atoms with Crippen molar-refractivity contribution >= 4 is 40.5 Å². The van der Waals surface area contributed by atoms with Crippen LogP contribution in [0.15, 0.2) is 34.7 Å². The van der Waals surface area contributed by atoms with Crippen molar-refractivity contribution in [2.45, 2.75) is 26.3 Å². The summed E-state index contributed by atoms with van der Waals surface area (Å²) in [4.78, 5) is 22.3. The first kappa shape index (κ1) is 19.7. The molecule has 0 saturated carbocycles.